The third-order valence-electron chi connectivity index (χ3n) is 3.04. The molecule has 4 nitrogen and oxygen atoms in total. The SMILES string of the molecule is CCc1ccc(C(=O)N2CC(C)OC(CO)C2)s1. The summed E-state index contributed by atoms with van der Waals surface area (Å²) in [7, 11) is 0. The van der Waals surface area contributed by atoms with Gasteiger partial charge >= 0.3 is 0 Å². The molecule has 2 heterocycles. The molecule has 1 aliphatic heterocycles. The summed E-state index contributed by atoms with van der Waals surface area (Å²) in [6, 6.07) is 3.89. The van der Waals surface area contributed by atoms with Crippen LogP contribution in [0, 0.1) is 0 Å². The van der Waals surface area contributed by atoms with E-state index in [1.54, 1.807) is 16.2 Å². The van der Waals surface area contributed by atoms with Crippen molar-refractivity contribution in [1.82, 2.24) is 4.90 Å². The zero-order valence-corrected chi connectivity index (χ0v) is 11.6. The number of carbonyl (C=O) groups excluding carboxylic acids is 1. The second-order valence-corrected chi connectivity index (χ2v) is 5.75. The van der Waals surface area contributed by atoms with Crippen LogP contribution >= 0.6 is 11.3 Å². The first kappa shape index (κ1) is 13.5. The van der Waals surface area contributed by atoms with E-state index in [0.29, 0.717) is 13.1 Å². The summed E-state index contributed by atoms with van der Waals surface area (Å²) in [6.07, 6.45) is 0.672. The van der Waals surface area contributed by atoms with Gasteiger partial charge in [0.1, 0.15) is 0 Å². The monoisotopic (exact) mass is 269 g/mol. The third-order valence-corrected chi connectivity index (χ3v) is 4.26. The fourth-order valence-corrected chi connectivity index (χ4v) is 3.07. The van der Waals surface area contributed by atoms with E-state index in [4.69, 9.17) is 9.84 Å². The highest BCUT2D eigenvalue weighted by Crippen LogP contribution is 2.21. The molecule has 1 fully saturated rings. The fourth-order valence-electron chi connectivity index (χ4n) is 2.15. The molecule has 1 aliphatic rings. The van der Waals surface area contributed by atoms with Gasteiger partial charge in [0, 0.05) is 18.0 Å². The summed E-state index contributed by atoms with van der Waals surface area (Å²) in [5.41, 5.74) is 0. The van der Waals surface area contributed by atoms with Crippen LogP contribution in [0.5, 0.6) is 0 Å². The Balaban J connectivity index is 2.07. The second kappa shape index (κ2) is 5.82. The highest BCUT2D eigenvalue weighted by molar-refractivity contribution is 7.14. The quantitative estimate of drug-likeness (QED) is 0.905. The Bertz CT molecular complexity index is 418. The summed E-state index contributed by atoms with van der Waals surface area (Å²) in [5, 5.41) is 9.16. The number of thiophene rings is 1. The number of carbonyl (C=O) groups is 1. The molecule has 0 bridgehead atoms. The number of rotatable bonds is 3. The summed E-state index contributed by atoms with van der Waals surface area (Å²) in [6.45, 7) is 5.03. The molecule has 0 radical (unpaired) electrons. The van der Waals surface area contributed by atoms with Gasteiger partial charge in [-0.3, -0.25) is 4.79 Å². The first-order valence-corrected chi connectivity index (χ1v) is 7.10. The number of aliphatic hydroxyl groups excluding tert-OH is 1. The Hall–Kier alpha value is -0.910. The predicted octanol–water partition coefficient (Wildman–Crippen LogP) is 1.53. The van der Waals surface area contributed by atoms with Crippen LogP contribution in [0.15, 0.2) is 12.1 Å². The average Bonchev–Trinajstić information content (AvgIpc) is 2.85. The van der Waals surface area contributed by atoms with E-state index in [1.807, 2.05) is 19.1 Å². The zero-order valence-electron chi connectivity index (χ0n) is 10.8. The summed E-state index contributed by atoms with van der Waals surface area (Å²) in [5.74, 6) is 0.0494. The second-order valence-electron chi connectivity index (χ2n) is 4.58. The van der Waals surface area contributed by atoms with Crippen molar-refractivity contribution in [2.45, 2.75) is 32.5 Å². The van der Waals surface area contributed by atoms with Crippen molar-refractivity contribution in [3.05, 3.63) is 21.9 Å². The molecule has 0 spiro atoms. The first-order valence-electron chi connectivity index (χ1n) is 6.28. The maximum Gasteiger partial charge on any atom is 0.264 e. The van der Waals surface area contributed by atoms with Crippen molar-refractivity contribution >= 4 is 17.2 Å². The largest absolute Gasteiger partial charge is 0.394 e. The number of ether oxygens (including phenoxy) is 1. The van der Waals surface area contributed by atoms with Crippen LogP contribution in [0.3, 0.4) is 0 Å². The van der Waals surface area contributed by atoms with E-state index in [9.17, 15) is 4.79 Å². The Morgan fingerprint density at radius 1 is 1.56 bits per heavy atom. The number of hydrogen-bond acceptors (Lipinski definition) is 4. The molecule has 2 atom stereocenters. The molecule has 0 aromatic carbocycles. The normalized spacial score (nSPS) is 24.3. The van der Waals surface area contributed by atoms with Gasteiger partial charge in [-0.15, -0.1) is 11.3 Å². The summed E-state index contributed by atoms with van der Waals surface area (Å²) >= 11 is 1.55. The van der Waals surface area contributed by atoms with Crippen molar-refractivity contribution in [2.75, 3.05) is 19.7 Å². The first-order chi connectivity index (χ1) is 8.63. The maximum atomic E-state index is 12.3. The molecule has 1 saturated heterocycles. The number of nitrogens with zero attached hydrogens (tertiary/aromatic N) is 1. The lowest BCUT2D eigenvalue weighted by atomic mass is 10.2. The van der Waals surface area contributed by atoms with Crippen LogP contribution in [0.4, 0.5) is 0 Å². The Morgan fingerprint density at radius 3 is 2.94 bits per heavy atom. The molecule has 18 heavy (non-hydrogen) atoms. The van der Waals surface area contributed by atoms with E-state index in [0.717, 1.165) is 11.3 Å². The van der Waals surface area contributed by atoms with Crippen LogP contribution in [0.25, 0.3) is 0 Å². The molecule has 1 aromatic heterocycles. The number of morpholine rings is 1. The number of hydrogen-bond donors (Lipinski definition) is 1. The van der Waals surface area contributed by atoms with Crippen LogP contribution < -0.4 is 0 Å². The highest BCUT2D eigenvalue weighted by Gasteiger charge is 2.29. The lowest BCUT2D eigenvalue weighted by Crippen LogP contribution is -2.50. The molecule has 100 valence electrons. The van der Waals surface area contributed by atoms with Crippen LogP contribution in [0.2, 0.25) is 0 Å². The molecule has 2 rings (SSSR count). The lowest BCUT2D eigenvalue weighted by Gasteiger charge is -2.35. The third kappa shape index (κ3) is 2.91. The van der Waals surface area contributed by atoms with Crippen molar-refractivity contribution in [1.29, 1.82) is 0 Å². The van der Waals surface area contributed by atoms with Gasteiger partial charge in [-0.25, -0.2) is 0 Å². The van der Waals surface area contributed by atoms with Gasteiger partial charge in [0.25, 0.3) is 5.91 Å². The van der Waals surface area contributed by atoms with E-state index in [-0.39, 0.29) is 24.7 Å². The Kier molecular flexibility index (Phi) is 4.37. The zero-order chi connectivity index (χ0) is 13.1. The minimum atomic E-state index is -0.261. The van der Waals surface area contributed by atoms with Gasteiger partial charge in [-0.2, -0.15) is 0 Å². The molecule has 0 aliphatic carbocycles. The Labute approximate surface area is 111 Å². The minimum Gasteiger partial charge on any atom is -0.394 e. The predicted molar refractivity (Wildman–Crippen MR) is 71.0 cm³/mol. The van der Waals surface area contributed by atoms with E-state index in [2.05, 4.69) is 6.92 Å². The molecule has 5 heteroatoms. The topological polar surface area (TPSA) is 49.8 Å². The average molecular weight is 269 g/mol. The van der Waals surface area contributed by atoms with Gasteiger partial charge < -0.3 is 14.7 Å². The maximum absolute atomic E-state index is 12.3. The number of aliphatic hydroxyl groups is 1. The summed E-state index contributed by atoms with van der Waals surface area (Å²) in [4.78, 5) is 16.1. The van der Waals surface area contributed by atoms with Crippen molar-refractivity contribution < 1.29 is 14.6 Å². The number of aryl methyl sites for hydroxylation is 1. The smallest absolute Gasteiger partial charge is 0.264 e. The van der Waals surface area contributed by atoms with Gasteiger partial charge in [-0.1, -0.05) is 6.92 Å². The molecular weight excluding hydrogens is 250 g/mol. The van der Waals surface area contributed by atoms with E-state index in [1.165, 1.54) is 4.88 Å². The molecule has 1 aromatic rings. The fraction of sp³-hybridized carbons (Fsp3) is 0.615. The molecule has 0 saturated carbocycles. The molecular formula is C13H19NO3S. The van der Waals surface area contributed by atoms with Crippen LogP contribution in [0.1, 0.15) is 28.4 Å². The van der Waals surface area contributed by atoms with Crippen LogP contribution in [-0.2, 0) is 11.2 Å². The number of amides is 1. The van der Waals surface area contributed by atoms with Gasteiger partial charge in [0.15, 0.2) is 0 Å². The lowest BCUT2D eigenvalue weighted by molar-refractivity contribution is -0.0857. The van der Waals surface area contributed by atoms with Gasteiger partial charge in [-0.05, 0) is 25.5 Å². The Morgan fingerprint density at radius 2 is 2.33 bits per heavy atom. The highest BCUT2D eigenvalue weighted by atomic mass is 32.1. The summed E-state index contributed by atoms with van der Waals surface area (Å²) < 4.78 is 5.54. The van der Waals surface area contributed by atoms with Crippen LogP contribution in [-0.4, -0.2) is 47.8 Å². The van der Waals surface area contributed by atoms with Gasteiger partial charge in [0.05, 0.1) is 23.7 Å². The minimum absolute atomic E-state index is 0.0227. The molecule has 1 N–H and O–H groups in total. The van der Waals surface area contributed by atoms with E-state index < -0.39 is 0 Å². The van der Waals surface area contributed by atoms with Crippen molar-refractivity contribution in [3.8, 4) is 0 Å². The van der Waals surface area contributed by atoms with Crippen molar-refractivity contribution in [2.24, 2.45) is 0 Å². The standard InChI is InChI=1S/C13H19NO3S/c1-3-11-4-5-12(18-11)13(16)14-6-9(2)17-10(7-14)8-15/h4-5,9-10,15H,3,6-8H2,1-2H3. The van der Waals surface area contributed by atoms with Gasteiger partial charge in [0.2, 0.25) is 0 Å². The van der Waals surface area contributed by atoms with Crippen molar-refractivity contribution in [3.63, 3.8) is 0 Å². The van der Waals surface area contributed by atoms with E-state index >= 15 is 0 Å². The molecule has 1 amide bonds. The molecule has 2 unspecified atom stereocenters.